The molecule has 1 unspecified atom stereocenters. The summed E-state index contributed by atoms with van der Waals surface area (Å²) in [5, 5.41) is 5.22. The number of allylic oxidation sites excluding steroid dienone is 4. The smallest absolute Gasteiger partial charge is 0.340 e. The first-order valence-electron chi connectivity index (χ1n) is 10.9. The molecule has 3 aromatic rings. The number of benzene rings is 1. The number of nitrogens with one attached hydrogen (secondary N) is 3. The summed E-state index contributed by atoms with van der Waals surface area (Å²) >= 11 is 0. The molecule has 0 fully saturated rings. The Balaban J connectivity index is 1.69. The molecule has 0 aliphatic heterocycles. The van der Waals surface area contributed by atoms with Gasteiger partial charge in [-0.3, -0.25) is 15.1 Å². The van der Waals surface area contributed by atoms with Crippen LogP contribution in [0.15, 0.2) is 54.3 Å². The molecule has 174 valence electrons. The maximum absolute atomic E-state index is 13.0. The van der Waals surface area contributed by atoms with Gasteiger partial charge in [-0.2, -0.15) is 0 Å². The predicted molar refractivity (Wildman–Crippen MR) is 128 cm³/mol. The third-order valence-electron chi connectivity index (χ3n) is 5.61. The Morgan fingerprint density at radius 3 is 2.71 bits per heavy atom. The number of methoxy groups -OCH3 is 1. The minimum absolute atomic E-state index is 0.0245. The average Bonchev–Trinajstić information content (AvgIpc) is 3.23. The van der Waals surface area contributed by atoms with Crippen molar-refractivity contribution in [3.05, 3.63) is 71.1 Å². The van der Waals surface area contributed by atoms with E-state index in [0.29, 0.717) is 35.1 Å². The Morgan fingerprint density at radius 1 is 1.21 bits per heavy atom. The van der Waals surface area contributed by atoms with Crippen molar-refractivity contribution in [1.82, 2.24) is 20.3 Å². The maximum Gasteiger partial charge on any atom is 0.340 e. The van der Waals surface area contributed by atoms with Crippen molar-refractivity contribution in [2.24, 2.45) is 5.92 Å². The lowest BCUT2D eigenvalue weighted by atomic mass is 9.83. The third-order valence-corrected chi connectivity index (χ3v) is 5.61. The van der Waals surface area contributed by atoms with Gasteiger partial charge in [0.05, 0.1) is 18.2 Å². The van der Waals surface area contributed by atoms with Crippen LogP contribution in [0.1, 0.15) is 35.5 Å². The molecule has 9 heteroatoms. The number of H-pyrrole nitrogens is 1. The van der Waals surface area contributed by atoms with E-state index in [1.165, 1.54) is 7.11 Å². The number of hydrogen-bond acceptors (Lipinski definition) is 6. The third kappa shape index (κ3) is 4.73. The summed E-state index contributed by atoms with van der Waals surface area (Å²) in [6, 6.07) is 8.67. The van der Waals surface area contributed by atoms with Gasteiger partial charge in [0.2, 0.25) is 5.95 Å². The average molecular weight is 460 g/mol. The van der Waals surface area contributed by atoms with E-state index < -0.39 is 12.0 Å². The molecule has 0 saturated carbocycles. The molecule has 2 aromatic heterocycles. The first-order chi connectivity index (χ1) is 16.4. The lowest BCUT2D eigenvalue weighted by Crippen LogP contribution is -2.28. The summed E-state index contributed by atoms with van der Waals surface area (Å²) in [6.07, 6.45) is 5.77. The van der Waals surface area contributed by atoms with Crippen LogP contribution in [-0.2, 0) is 16.0 Å². The summed E-state index contributed by atoms with van der Waals surface area (Å²) < 4.78 is 4.94. The zero-order valence-corrected chi connectivity index (χ0v) is 19.1. The highest BCUT2D eigenvalue weighted by Gasteiger charge is 2.25. The van der Waals surface area contributed by atoms with Crippen molar-refractivity contribution in [1.29, 1.82) is 0 Å². The number of aromatic nitrogens is 3. The fourth-order valence-corrected chi connectivity index (χ4v) is 3.94. The van der Waals surface area contributed by atoms with E-state index in [4.69, 9.17) is 4.74 Å². The molecule has 0 spiro atoms. The quantitative estimate of drug-likeness (QED) is 0.483. The number of anilines is 1. The van der Waals surface area contributed by atoms with Gasteiger partial charge in [0.1, 0.15) is 5.52 Å². The van der Waals surface area contributed by atoms with Crippen molar-refractivity contribution in [2.45, 2.75) is 20.3 Å². The molecule has 1 aliphatic rings. The molecular formula is C25H25N5O4. The number of carbonyl (C=O) groups excluding carboxylic acids is 3. The number of rotatable bonds is 6. The Bertz CT molecular complexity index is 1320. The number of carbonyl (C=O) groups is 3. The Morgan fingerprint density at radius 2 is 2.03 bits per heavy atom. The largest absolute Gasteiger partial charge is 0.465 e. The van der Waals surface area contributed by atoms with Gasteiger partial charge in [-0.1, -0.05) is 17.7 Å². The zero-order valence-electron chi connectivity index (χ0n) is 19.1. The Kier molecular flexibility index (Phi) is 6.53. The molecular weight excluding hydrogens is 434 g/mol. The highest BCUT2D eigenvalue weighted by Crippen LogP contribution is 2.32. The number of urea groups is 1. The second kappa shape index (κ2) is 9.70. The first-order valence-corrected chi connectivity index (χ1v) is 10.9. The minimum Gasteiger partial charge on any atom is -0.465 e. The maximum atomic E-state index is 13.0. The van der Waals surface area contributed by atoms with Crippen LogP contribution in [0.4, 0.5) is 10.7 Å². The molecule has 0 saturated heterocycles. The lowest BCUT2D eigenvalue weighted by Gasteiger charge is -2.20. The number of pyridine rings is 1. The summed E-state index contributed by atoms with van der Waals surface area (Å²) in [7, 11) is 1.29. The van der Waals surface area contributed by atoms with E-state index in [1.54, 1.807) is 31.3 Å². The first kappa shape index (κ1) is 22.9. The monoisotopic (exact) mass is 459 g/mol. The Labute approximate surface area is 196 Å². The van der Waals surface area contributed by atoms with Gasteiger partial charge in [0, 0.05) is 30.8 Å². The van der Waals surface area contributed by atoms with Gasteiger partial charge in [-0.05, 0) is 55.3 Å². The van der Waals surface area contributed by atoms with Gasteiger partial charge in [-0.25, -0.2) is 14.6 Å². The zero-order chi connectivity index (χ0) is 24.2. The second-order valence-corrected chi connectivity index (χ2v) is 7.95. The van der Waals surface area contributed by atoms with Crippen molar-refractivity contribution in [3.63, 3.8) is 0 Å². The number of nitrogens with zero attached hydrogens (tertiary/aromatic N) is 2. The molecule has 1 atom stereocenters. The fourth-order valence-electron chi connectivity index (χ4n) is 3.94. The minimum atomic E-state index is -0.570. The SMILES string of the molecule is CCNC(=O)Nc1nc2c(C(=O)OC)cc(C3=CC(=O)C(Cc4ccccn4)C(C)=C3)cc2[nH]1. The molecule has 1 aromatic carbocycles. The van der Waals surface area contributed by atoms with E-state index in [-0.39, 0.29) is 23.2 Å². The van der Waals surface area contributed by atoms with Gasteiger partial charge >= 0.3 is 12.0 Å². The summed E-state index contributed by atoms with van der Waals surface area (Å²) in [4.78, 5) is 49.1. The molecule has 0 radical (unpaired) electrons. The van der Waals surface area contributed by atoms with Crippen LogP contribution in [0, 0.1) is 5.92 Å². The van der Waals surface area contributed by atoms with Crippen molar-refractivity contribution >= 4 is 40.3 Å². The van der Waals surface area contributed by atoms with Gasteiger partial charge < -0.3 is 15.0 Å². The van der Waals surface area contributed by atoms with Crippen LogP contribution >= 0.6 is 0 Å². The van der Waals surface area contributed by atoms with Crippen molar-refractivity contribution in [2.75, 3.05) is 19.0 Å². The number of fused-ring (bicyclic) bond motifs is 1. The predicted octanol–water partition coefficient (Wildman–Crippen LogP) is 3.66. The van der Waals surface area contributed by atoms with Crippen LogP contribution in [-0.4, -0.2) is 46.4 Å². The summed E-state index contributed by atoms with van der Waals surface area (Å²) in [5.74, 6) is -0.690. The van der Waals surface area contributed by atoms with E-state index in [9.17, 15) is 14.4 Å². The van der Waals surface area contributed by atoms with E-state index in [0.717, 1.165) is 11.3 Å². The van der Waals surface area contributed by atoms with Crippen LogP contribution in [0.5, 0.6) is 0 Å². The molecule has 9 nitrogen and oxygen atoms in total. The van der Waals surface area contributed by atoms with Gasteiger partial charge in [-0.15, -0.1) is 0 Å². The molecule has 0 bridgehead atoms. The summed E-state index contributed by atoms with van der Waals surface area (Å²) in [5.41, 5.74) is 4.22. The van der Waals surface area contributed by atoms with Crippen molar-refractivity contribution in [3.8, 4) is 0 Å². The second-order valence-electron chi connectivity index (χ2n) is 7.95. The van der Waals surface area contributed by atoms with E-state index in [1.807, 2.05) is 31.2 Å². The van der Waals surface area contributed by atoms with Crippen LogP contribution in [0.2, 0.25) is 0 Å². The number of imidazole rings is 1. The Hall–Kier alpha value is -4.27. The number of ketones is 1. The normalized spacial score (nSPS) is 15.5. The van der Waals surface area contributed by atoms with Gasteiger partial charge in [0.25, 0.3) is 0 Å². The molecule has 34 heavy (non-hydrogen) atoms. The standard InChI is InChI=1S/C25H25N5O4/c1-4-26-25(33)30-24-28-20-11-16(10-19(22(20)29-24)23(32)34-3)15-9-14(2)18(21(31)12-15)13-17-7-5-6-8-27-17/h5-12,18H,4,13H2,1-3H3,(H3,26,28,29,30,33). The van der Waals surface area contributed by atoms with Gasteiger partial charge in [0.15, 0.2) is 5.78 Å². The highest BCUT2D eigenvalue weighted by molar-refractivity contribution is 6.08. The number of aromatic amines is 1. The van der Waals surface area contributed by atoms with Crippen molar-refractivity contribution < 1.29 is 19.1 Å². The molecule has 2 amide bonds. The topological polar surface area (TPSA) is 126 Å². The van der Waals surface area contributed by atoms with E-state index >= 15 is 0 Å². The number of hydrogen-bond donors (Lipinski definition) is 3. The van der Waals surface area contributed by atoms with Crippen LogP contribution in [0.25, 0.3) is 16.6 Å². The summed E-state index contributed by atoms with van der Waals surface area (Å²) in [6.45, 7) is 4.18. The lowest BCUT2D eigenvalue weighted by molar-refractivity contribution is -0.117. The van der Waals surface area contributed by atoms with Crippen LogP contribution < -0.4 is 10.6 Å². The molecule has 3 N–H and O–H groups in total. The number of ether oxygens (including phenoxy) is 1. The number of esters is 1. The number of amides is 2. The fraction of sp³-hybridized carbons (Fsp3) is 0.240. The highest BCUT2D eigenvalue weighted by atomic mass is 16.5. The molecule has 4 rings (SSSR count). The molecule has 2 heterocycles. The van der Waals surface area contributed by atoms with Crippen LogP contribution in [0.3, 0.4) is 0 Å². The molecule has 1 aliphatic carbocycles. The van der Waals surface area contributed by atoms with E-state index in [2.05, 4.69) is 25.6 Å².